The highest BCUT2D eigenvalue weighted by molar-refractivity contribution is 5.90. The molecule has 142 valence electrons. The lowest BCUT2D eigenvalue weighted by Crippen LogP contribution is -2.32. The molecule has 6 nitrogen and oxygen atoms in total. The molecule has 1 aliphatic heterocycles. The normalized spacial score (nSPS) is 12.5. The zero-order valence-electron chi connectivity index (χ0n) is 16.0. The summed E-state index contributed by atoms with van der Waals surface area (Å²) in [6, 6.07) is 13.3. The van der Waals surface area contributed by atoms with Crippen LogP contribution in [0, 0.1) is 0 Å². The van der Waals surface area contributed by atoms with Crippen molar-refractivity contribution in [2.24, 2.45) is 0 Å². The van der Waals surface area contributed by atoms with Crippen molar-refractivity contribution in [2.75, 3.05) is 19.0 Å². The molecule has 2 aromatic carbocycles. The molecular formula is C21H25N3O3. The fourth-order valence-corrected chi connectivity index (χ4v) is 3.27. The highest BCUT2D eigenvalue weighted by Gasteiger charge is 2.24. The van der Waals surface area contributed by atoms with Gasteiger partial charge in [-0.3, -0.25) is 4.79 Å². The first-order valence-electron chi connectivity index (χ1n) is 9.07. The number of hydrogen-bond acceptors (Lipinski definition) is 3. The molecule has 1 N–H and O–H groups in total. The van der Waals surface area contributed by atoms with Crippen molar-refractivity contribution < 1.29 is 14.3 Å². The molecule has 0 unspecified atom stereocenters. The van der Waals surface area contributed by atoms with E-state index in [4.69, 9.17) is 4.74 Å². The Kier molecular flexibility index (Phi) is 5.64. The highest BCUT2D eigenvalue weighted by Crippen LogP contribution is 2.27. The number of hydrogen-bond donors (Lipinski definition) is 1. The number of benzene rings is 2. The van der Waals surface area contributed by atoms with Crippen molar-refractivity contribution >= 4 is 17.6 Å². The van der Waals surface area contributed by atoms with E-state index in [1.54, 1.807) is 23.8 Å². The predicted molar refractivity (Wildman–Crippen MR) is 104 cm³/mol. The lowest BCUT2D eigenvalue weighted by atomic mass is 10.1. The molecule has 0 aliphatic carbocycles. The van der Waals surface area contributed by atoms with Gasteiger partial charge in [0.05, 0.1) is 7.11 Å². The molecule has 2 aromatic rings. The van der Waals surface area contributed by atoms with Gasteiger partial charge < -0.3 is 19.9 Å². The van der Waals surface area contributed by atoms with E-state index in [0.717, 1.165) is 28.1 Å². The Morgan fingerprint density at radius 2 is 1.89 bits per heavy atom. The summed E-state index contributed by atoms with van der Waals surface area (Å²) in [5.41, 5.74) is 3.89. The zero-order chi connectivity index (χ0) is 19.4. The first kappa shape index (κ1) is 18.8. The van der Waals surface area contributed by atoms with E-state index < -0.39 is 0 Å². The van der Waals surface area contributed by atoms with Gasteiger partial charge in [-0.25, -0.2) is 4.79 Å². The van der Waals surface area contributed by atoms with E-state index in [1.165, 1.54) is 0 Å². The van der Waals surface area contributed by atoms with Crippen LogP contribution >= 0.6 is 0 Å². The lowest BCUT2D eigenvalue weighted by Gasteiger charge is -2.22. The van der Waals surface area contributed by atoms with Gasteiger partial charge in [0, 0.05) is 38.8 Å². The zero-order valence-corrected chi connectivity index (χ0v) is 16.0. The third-order valence-electron chi connectivity index (χ3n) is 4.87. The molecule has 0 bridgehead atoms. The van der Waals surface area contributed by atoms with Crippen LogP contribution in [0.25, 0.3) is 0 Å². The number of fused-ring (bicyclic) bond motifs is 1. The third-order valence-corrected chi connectivity index (χ3v) is 4.87. The number of amides is 3. The van der Waals surface area contributed by atoms with E-state index in [0.29, 0.717) is 26.2 Å². The quantitative estimate of drug-likeness (QED) is 0.878. The second kappa shape index (κ2) is 8.12. The van der Waals surface area contributed by atoms with Crippen molar-refractivity contribution in [2.45, 2.75) is 33.5 Å². The van der Waals surface area contributed by atoms with Gasteiger partial charge in [-0.1, -0.05) is 24.3 Å². The molecule has 0 atom stereocenters. The van der Waals surface area contributed by atoms with Crippen molar-refractivity contribution in [3.63, 3.8) is 0 Å². The van der Waals surface area contributed by atoms with Crippen LogP contribution < -0.4 is 10.1 Å². The number of rotatable bonds is 5. The second-order valence-electron chi connectivity index (χ2n) is 6.61. The number of urea groups is 1. The van der Waals surface area contributed by atoms with Gasteiger partial charge in [-0.05, 0) is 41.8 Å². The molecular weight excluding hydrogens is 342 g/mol. The number of para-hydroxylation sites is 1. The monoisotopic (exact) mass is 367 g/mol. The summed E-state index contributed by atoms with van der Waals surface area (Å²) in [7, 11) is 1.64. The average Bonchev–Trinajstić information content (AvgIpc) is 3.10. The molecule has 6 heteroatoms. The Morgan fingerprint density at radius 1 is 1.15 bits per heavy atom. The average molecular weight is 367 g/mol. The maximum Gasteiger partial charge on any atom is 0.322 e. The molecule has 0 saturated carbocycles. The maximum absolute atomic E-state index is 12.8. The third kappa shape index (κ3) is 4.22. The van der Waals surface area contributed by atoms with Gasteiger partial charge in [0.2, 0.25) is 5.91 Å². The fraction of sp³-hybridized carbons (Fsp3) is 0.333. The van der Waals surface area contributed by atoms with Crippen LogP contribution in [0.2, 0.25) is 0 Å². The molecule has 0 fully saturated rings. The van der Waals surface area contributed by atoms with E-state index >= 15 is 0 Å². The van der Waals surface area contributed by atoms with Crippen LogP contribution in [-0.4, -0.2) is 35.4 Å². The maximum atomic E-state index is 12.8. The SMILES string of the molecule is CCN(Cc1ccccc1NC(=O)N1Cc2ccc(OC)cc2C1)C(C)=O. The first-order valence-corrected chi connectivity index (χ1v) is 9.07. The van der Waals surface area contributed by atoms with Crippen LogP contribution in [-0.2, 0) is 24.4 Å². The van der Waals surface area contributed by atoms with Crippen molar-refractivity contribution in [3.8, 4) is 5.75 Å². The summed E-state index contributed by atoms with van der Waals surface area (Å²) in [5, 5.41) is 3.00. The number of ether oxygens (including phenoxy) is 1. The lowest BCUT2D eigenvalue weighted by molar-refractivity contribution is -0.129. The van der Waals surface area contributed by atoms with Gasteiger partial charge in [0.15, 0.2) is 0 Å². The van der Waals surface area contributed by atoms with Crippen LogP contribution in [0.5, 0.6) is 5.75 Å². The van der Waals surface area contributed by atoms with Gasteiger partial charge in [-0.2, -0.15) is 0 Å². The Bertz CT molecular complexity index is 850. The summed E-state index contributed by atoms with van der Waals surface area (Å²) in [6.45, 7) is 5.72. The van der Waals surface area contributed by atoms with Crippen LogP contribution in [0.4, 0.5) is 10.5 Å². The smallest absolute Gasteiger partial charge is 0.322 e. The molecule has 27 heavy (non-hydrogen) atoms. The van der Waals surface area contributed by atoms with Crippen molar-refractivity contribution in [3.05, 3.63) is 59.2 Å². The Morgan fingerprint density at radius 3 is 2.59 bits per heavy atom. The van der Waals surface area contributed by atoms with Gasteiger partial charge >= 0.3 is 6.03 Å². The van der Waals surface area contributed by atoms with Crippen LogP contribution in [0.15, 0.2) is 42.5 Å². The van der Waals surface area contributed by atoms with Crippen molar-refractivity contribution in [1.82, 2.24) is 9.80 Å². The number of carbonyl (C=O) groups excluding carboxylic acids is 2. The molecule has 1 heterocycles. The van der Waals surface area contributed by atoms with E-state index in [-0.39, 0.29) is 11.9 Å². The fourth-order valence-electron chi connectivity index (χ4n) is 3.27. The largest absolute Gasteiger partial charge is 0.497 e. The predicted octanol–water partition coefficient (Wildman–Crippen LogP) is 3.61. The molecule has 0 saturated heterocycles. The number of nitrogens with one attached hydrogen (secondary N) is 1. The topological polar surface area (TPSA) is 61.9 Å². The number of methoxy groups -OCH3 is 1. The Labute approximate surface area is 159 Å². The van der Waals surface area contributed by atoms with Crippen LogP contribution in [0.1, 0.15) is 30.5 Å². The number of anilines is 1. The van der Waals surface area contributed by atoms with E-state index in [2.05, 4.69) is 5.32 Å². The first-order chi connectivity index (χ1) is 13.0. The second-order valence-corrected chi connectivity index (χ2v) is 6.61. The molecule has 1 aliphatic rings. The molecule has 3 rings (SSSR count). The Hall–Kier alpha value is -3.02. The number of carbonyl (C=O) groups is 2. The van der Waals surface area contributed by atoms with Crippen LogP contribution in [0.3, 0.4) is 0 Å². The number of nitrogens with zero attached hydrogens (tertiary/aromatic N) is 2. The molecule has 0 spiro atoms. The van der Waals surface area contributed by atoms with Gasteiger partial charge in [0.25, 0.3) is 0 Å². The summed E-state index contributed by atoms with van der Waals surface area (Å²) < 4.78 is 5.26. The Balaban J connectivity index is 1.71. The minimum absolute atomic E-state index is 0.0163. The summed E-state index contributed by atoms with van der Waals surface area (Å²) >= 11 is 0. The molecule has 0 aromatic heterocycles. The minimum Gasteiger partial charge on any atom is -0.497 e. The van der Waals surface area contributed by atoms with Crippen molar-refractivity contribution in [1.29, 1.82) is 0 Å². The standard InChI is InChI=1S/C21H25N3O3/c1-4-23(15(2)25)13-17-7-5-6-8-20(17)22-21(26)24-12-16-9-10-19(27-3)11-18(16)14-24/h5-11H,4,12-14H2,1-3H3,(H,22,26). The van der Waals surface area contributed by atoms with E-state index in [1.807, 2.05) is 49.4 Å². The summed E-state index contributed by atoms with van der Waals surface area (Å²) in [5.74, 6) is 0.813. The summed E-state index contributed by atoms with van der Waals surface area (Å²) in [6.07, 6.45) is 0. The van der Waals surface area contributed by atoms with E-state index in [9.17, 15) is 9.59 Å². The summed E-state index contributed by atoms with van der Waals surface area (Å²) in [4.78, 5) is 28.0. The minimum atomic E-state index is -0.150. The van der Waals surface area contributed by atoms with Gasteiger partial charge in [0.1, 0.15) is 5.75 Å². The van der Waals surface area contributed by atoms with Gasteiger partial charge in [-0.15, -0.1) is 0 Å². The molecule has 0 radical (unpaired) electrons. The highest BCUT2D eigenvalue weighted by atomic mass is 16.5. The molecule has 3 amide bonds.